The molecule has 1 heterocycles. The fraction of sp³-hybridized carbons (Fsp3) is 0.429. The summed E-state index contributed by atoms with van der Waals surface area (Å²) in [7, 11) is 1.68. The zero-order valence-electron chi connectivity index (χ0n) is 10.8. The van der Waals surface area contributed by atoms with Crippen LogP contribution in [0.3, 0.4) is 0 Å². The standard InChI is InChI=1S/C14H16N2O3/c1-18-14(8-4-5-9-14)13-15-12(19-16-13)10-6-2-3-7-11(10)17/h2-3,6-7,17H,4-5,8-9H2,1H3. The Morgan fingerprint density at radius 3 is 2.68 bits per heavy atom. The molecule has 1 fully saturated rings. The van der Waals surface area contributed by atoms with Crippen LogP contribution >= 0.6 is 0 Å². The summed E-state index contributed by atoms with van der Waals surface area (Å²) in [5.41, 5.74) is 0.122. The average molecular weight is 260 g/mol. The molecule has 1 aromatic carbocycles. The summed E-state index contributed by atoms with van der Waals surface area (Å²) >= 11 is 0. The Bertz CT molecular complexity index is 574. The SMILES string of the molecule is COC1(c2noc(-c3ccccc3O)n2)CCCC1. The van der Waals surface area contributed by atoms with Crippen LogP contribution in [0, 0.1) is 0 Å². The van der Waals surface area contributed by atoms with E-state index in [1.807, 2.05) is 6.07 Å². The minimum Gasteiger partial charge on any atom is -0.507 e. The lowest BCUT2D eigenvalue weighted by molar-refractivity contribution is -0.0178. The molecule has 5 nitrogen and oxygen atoms in total. The number of phenols is 1. The van der Waals surface area contributed by atoms with Crippen molar-refractivity contribution in [2.75, 3.05) is 7.11 Å². The Morgan fingerprint density at radius 1 is 1.26 bits per heavy atom. The van der Waals surface area contributed by atoms with E-state index in [0.717, 1.165) is 25.7 Å². The van der Waals surface area contributed by atoms with Crippen molar-refractivity contribution in [3.8, 4) is 17.2 Å². The van der Waals surface area contributed by atoms with Gasteiger partial charge in [-0.2, -0.15) is 4.98 Å². The molecule has 0 amide bonds. The average Bonchev–Trinajstić information content (AvgIpc) is 3.09. The van der Waals surface area contributed by atoms with E-state index in [1.165, 1.54) is 0 Å². The molecule has 5 heteroatoms. The van der Waals surface area contributed by atoms with E-state index in [4.69, 9.17) is 9.26 Å². The Balaban J connectivity index is 1.98. The maximum Gasteiger partial charge on any atom is 0.261 e. The van der Waals surface area contributed by atoms with E-state index < -0.39 is 5.60 Å². The number of rotatable bonds is 3. The summed E-state index contributed by atoms with van der Waals surface area (Å²) in [4.78, 5) is 4.40. The first-order valence-corrected chi connectivity index (χ1v) is 6.43. The molecule has 3 rings (SSSR count). The number of hydrogen-bond acceptors (Lipinski definition) is 5. The lowest BCUT2D eigenvalue weighted by Crippen LogP contribution is -2.25. The number of aromatic hydroxyl groups is 1. The van der Waals surface area contributed by atoms with Gasteiger partial charge in [-0.3, -0.25) is 0 Å². The van der Waals surface area contributed by atoms with Crippen molar-refractivity contribution >= 4 is 0 Å². The summed E-state index contributed by atoms with van der Waals surface area (Å²) in [6.07, 6.45) is 4.02. The minimum atomic E-state index is -0.424. The van der Waals surface area contributed by atoms with E-state index in [0.29, 0.717) is 17.3 Å². The molecule has 0 aliphatic heterocycles. The molecule has 0 radical (unpaired) electrons. The second-order valence-electron chi connectivity index (χ2n) is 4.85. The van der Waals surface area contributed by atoms with Crippen molar-refractivity contribution in [1.29, 1.82) is 0 Å². The third-order valence-corrected chi connectivity index (χ3v) is 3.77. The van der Waals surface area contributed by atoms with Crippen LogP contribution in [0.2, 0.25) is 0 Å². The summed E-state index contributed by atoms with van der Waals surface area (Å²) < 4.78 is 10.9. The molecule has 1 aliphatic rings. The number of phenolic OH excluding ortho intramolecular Hbond substituents is 1. The van der Waals surface area contributed by atoms with Gasteiger partial charge in [-0.25, -0.2) is 0 Å². The van der Waals surface area contributed by atoms with E-state index in [1.54, 1.807) is 25.3 Å². The van der Waals surface area contributed by atoms with Gasteiger partial charge in [0.1, 0.15) is 11.4 Å². The Labute approximate surface area is 111 Å². The Kier molecular flexibility index (Phi) is 2.98. The number of ether oxygens (including phenoxy) is 1. The fourth-order valence-corrected chi connectivity index (χ4v) is 2.64. The number of nitrogens with zero attached hydrogens (tertiary/aromatic N) is 2. The minimum absolute atomic E-state index is 0.135. The van der Waals surface area contributed by atoms with Gasteiger partial charge in [0.25, 0.3) is 5.89 Å². The highest BCUT2D eigenvalue weighted by molar-refractivity contribution is 5.61. The molecule has 2 aromatic rings. The number of benzene rings is 1. The van der Waals surface area contributed by atoms with Gasteiger partial charge < -0.3 is 14.4 Å². The predicted octanol–water partition coefficient (Wildman–Crippen LogP) is 2.86. The first-order chi connectivity index (χ1) is 9.25. The van der Waals surface area contributed by atoms with Gasteiger partial charge >= 0.3 is 0 Å². The first kappa shape index (κ1) is 12.2. The second kappa shape index (κ2) is 4.66. The highest BCUT2D eigenvalue weighted by Crippen LogP contribution is 2.41. The lowest BCUT2D eigenvalue weighted by atomic mass is 10.0. The number of aromatic nitrogens is 2. The Hall–Kier alpha value is -1.88. The molecule has 1 N–H and O–H groups in total. The number of hydrogen-bond donors (Lipinski definition) is 1. The van der Waals surface area contributed by atoms with Crippen LogP contribution < -0.4 is 0 Å². The van der Waals surface area contributed by atoms with Crippen LogP contribution in [0.25, 0.3) is 11.5 Å². The van der Waals surface area contributed by atoms with E-state index in [-0.39, 0.29) is 5.75 Å². The molecule has 0 saturated heterocycles. The largest absolute Gasteiger partial charge is 0.507 e. The van der Waals surface area contributed by atoms with Gasteiger partial charge in [0.15, 0.2) is 0 Å². The molecule has 0 atom stereocenters. The number of para-hydroxylation sites is 1. The maximum absolute atomic E-state index is 9.80. The zero-order valence-corrected chi connectivity index (χ0v) is 10.8. The van der Waals surface area contributed by atoms with Crippen LogP contribution in [0.5, 0.6) is 5.75 Å². The van der Waals surface area contributed by atoms with Gasteiger partial charge in [0.05, 0.1) is 5.56 Å². The summed E-state index contributed by atoms with van der Waals surface area (Å²) in [5, 5.41) is 13.8. The molecule has 1 saturated carbocycles. The highest BCUT2D eigenvalue weighted by Gasteiger charge is 2.40. The highest BCUT2D eigenvalue weighted by atomic mass is 16.5. The van der Waals surface area contributed by atoms with Gasteiger partial charge in [-0.1, -0.05) is 17.3 Å². The molecule has 0 spiro atoms. The van der Waals surface area contributed by atoms with Crippen molar-refractivity contribution in [3.63, 3.8) is 0 Å². The second-order valence-corrected chi connectivity index (χ2v) is 4.85. The topological polar surface area (TPSA) is 68.4 Å². The first-order valence-electron chi connectivity index (χ1n) is 6.43. The summed E-state index contributed by atoms with van der Waals surface area (Å²) in [6, 6.07) is 6.92. The van der Waals surface area contributed by atoms with Gasteiger partial charge in [0.2, 0.25) is 5.82 Å². The zero-order chi connectivity index (χ0) is 13.3. The van der Waals surface area contributed by atoms with Crippen molar-refractivity contribution in [1.82, 2.24) is 10.1 Å². The van der Waals surface area contributed by atoms with Crippen LogP contribution in [0.4, 0.5) is 0 Å². The lowest BCUT2D eigenvalue weighted by Gasteiger charge is -2.22. The van der Waals surface area contributed by atoms with Crippen LogP contribution in [-0.2, 0) is 10.3 Å². The third-order valence-electron chi connectivity index (χ3n) is 3.77. The van der Waals surface area contributed by atoms with Crippen molar-refractivity contribution in [3.05, 3.63) is 30.1 Å². The maximum atomic E-state index is 9.80. The van der Waals surface area contributed by atoms with Crippen molar-refractivity contribution < 1.29 is 14.4 Å². The van der Waals surface area contributed by atoms with Crippen LogP contribution in [-0.4, -0.2) is 22.4 Å². The molecular weight excluding hydrogens is 244 g/mol. The molecule has 1 aromatic heterocycles. The smallest absolute Gasteiger partial charge is 0.261 e. The van der Waals surface area contributed by atoms with Crippen molar-refractivity contribution in [2.45, 2.75) is 31.3 Å². The third kappa shape index (κ3) is 2.00. The summed E-state index contributed by atoms with van der Waals surface area (Å²) in [5.74, 6) is 1.04. The van der Waals surface area contributed by atoms with Crippen LogP contribution in [0.1, 0.15) is 31.5 Å². The number of methoxy groups -OCH3 is 1. The molecular formula is C14H16N2O3. The molecule has 1 aliphatic carbocycles. The Morgan fingerprint density at radius 2 is 2.00 bits per heavy atom. The van der Waals surface area contributed by atoms with Crippen molar-refractivity contribution in [2.24, 2.45) is 0 Å². The van der Waals surface area contributed by atoms with Gasteiger partial charge in [0, 0.05) is 7.11 Å². The molecule has 0 bridgehead atoms. The monoisotopic (exact) mass is 260 g/mol. The van der Waals surface area contributed by atoms with Gasteiger partial charge in [-0.05, 0) is 37.8 Å². The fourth-order valence-electron chi connectivity index (χ4n) is 2.64. The van der Waals surface area contributed by atoms with E-state index >= 15 is 0 Å². The normalized spacial score (nSPS) is 17.7. The van der Waals surface area contributed by atoms with E-state index in [2.05, 4.69) is 10.1 Å². The molecule has 100 valence electrons. The quantitative estimate of drug-likeness (QED) is 0.919. The predicted molar refractivity (Wildman–Crippen MR) is 68.6 cm³/mol. The van der Waals surface area contributed by atoms with E-state index in [9.17, 15) is 5.11 Å². The molecule has 19 heavy (non-hydrogen) atoms. The van der Waals surface area contributed by atoms with Crippen LogP contribution in [0.15, 0.2) is 28.8 Å². The summed E-state index contributed by atoms with van der Waals surface area (Å²) in [6.45, 7) is 0. The molecule has 0 unspecified atom stereocenters. The van der Waals surface area contributed by atoms with Gasteiger partial charge in [-0.15, -0.1) is 0 Å².